The number of aliphatic hydroxyl groups is 1. The molecule has 0 saturated carbocycles. The number of ether oxygens (including phenoxy) is 4. The van der Waals surface area contributed by atoms with Gasteiger partial charge in [-0.05, 0) is 49.4 Å². The molecule has 92 heavy (non-hydrogen) atoms. The van der Waals surface area contributed by atoms with Gasteiger partial charge in [0.1, 0.15) is 19.3 Å². The van der Waals surface area contributed by atoms with Gasteiger partial charge in [-0.15, -0.1) is 0 Å². The highest BCUT2D eigenvalue weighted by Gasteiger charge is 2.30. The van der Waals surface area contributed by atoms with E-state index in [2.05, 4.69) is 55.4 Å². The fourth-order valence-corrected chi connectivity index (χ4v) is 12.6. The summed E-state index contributed by atoms with van der Waals surface area (Å²) in [5, 5.41) is 10.6. The Morgan fingerprint density at radius 3 is 0.674 bits per heavy atom. The lowest BCUT2D eigenvalue weighted by molar-refractivity contribution is -0.161. The number of aliphatic hydroxyl groups excluding tert-OH is 1. The van der Waals surface area contributed by atoms with Crippen molar-refractivity contribution in [1.82, 2.24) is 0 Å². The third-order valence-corrected chi connectivity index (χ3v) is 18.7. The Hall–Kier alpha value is -1.94. The predicted octanol–water partition coefficient (Wildman–Crippen LogP) is 20.9. The van der Waals surface area contributed by atoms with Gasteiger partial charge >= 0.3 is 39.5 Å². The summed E-state index contributed by atoms with van der Waals surface area (Å²) in [6.45, 7) is 14.1. The quantitative estimate of drug-likeness (QED) is 0.0222. The van der Waals surface area contributed by atoms with Crippen molar-refractivity contribution in [2.24, 2.45) is 23.7 Å². The zero-order chi connectivity index (χ0) is 68.2. The van der Waals surface area contributed by atoms with Crippen molar-refractivity contribution in [3.8, 4) is 0 Å². The number of hydrogen-bond acceptors (Lipinski definition) is 15. The van der Waals surface area contributed by atoms with Crippen molar-refractivity contribution >= 4 is 39.5 Å². The highest BCUT2D eigenvalue weighted by atomic mass is 31.2. The Kier molecular flexibility index (Phi) is 61.3. The minimum absolute atomic E-state index is 0.105. The second-order valence-electron chi connectivity index (χ2n) is 28.2. The second kappa shape index (κ2) is 62.6. The van der Waals surface area contributed by atoms with Gasteiger partial charge in [0.25, 0.3) is 0 Å². The maximum absolute atomic E-state index is 13.0. The maximum Gasteiger partial charge on any atom is 0.472 e. The first kappa shape index (κ1) is 90.1. The largest absolute Gasteiger partial charge is 0.472 e. The molecule has 0 spiro atoms. The first-order valence-corrected chi connectivity index (χ1v) is 40.7. The summed E-state index contributed by atoms with van der Waals surface area (Å²) in [4.78, 5) is 72.6. The van der Waals surface area contributed by atoms with E-state index in [9.17, 15) is 43.2 Å². The minimum Gasteiger partial charge on any atom is -0.462 e. The van der Waals surface area contributed by atoms with Crippen LogP contribution in [0.15, 0.2) is 0 Å². The lowest BCUT2D eigenvalue weighted by atomic mass is 10.0. The van der Waals surface area contributed by atoms with Crippen LogP contribution in [-0.2, 0) is 65.4 Å². The summed E-state index contributed by atoms with van der Waals surface area (Å²) >= 11 is 0. The molecular formula is C73H142O17P2. The van der Waals surface area contributed by atoms with E-state index >= 15 is 0 Å². The van der Waals surface area contributed by atoms with Crippen LogP contribution in [0.25, 0.3) is 0 Å². The average molecular weight is 1350 g/mol. The molecule has 5 atom stereocenters. The van der Waals surface area contributed by atoms with Crippen molar-refractivity contribution in [1.29, 1.82) is 0 Å². The summed E-state index contributed by atoms with van der Waals surface area (Å²) in [6.07, 6.45) is 46.0. The first-order chi connectivity index (χ1) is 44.1. The van der Waals surface area contributed by atoms with Gasteiger partial charge < -0.3 is 33.8 Å². The van der Waals surface area contributed by atoms with Crippen LogP contribution in [0.3, 0.4) is 0 Å². The molecule has 19 heteroatoms. The number of hydrogen-bond donors (Lipinski definition) is 3. The van der Waals surface area contributed by atoms with Crippen LogP contribution in [0.1, 0.15) is 364 Å². The molecule has 0 fully saturated rings. The Balaban J connectivity index is 5.22. The molecule has 0 amide bonds. The molecule has 0 aliphatic rings. The van der Waals surface area contributed by atoms with E-state index in [1.54, 1.807) is 0 Å². The van der Waals surface area contributed by atoms with Crippen LogP contribution in [0, 0.1) is 23.7 Å². The van der Waals surface area contributed by atoms with Gasteiger partial charge in [-0.25, -0.2) is 9.13 Å². The summed E-state index contributed by atoms with van der Waals surface area (Å²) in [6, 6.07) is 0. The Morgan fingerprint density at radius 2 is 0.457 bits per heavy atom. The van der Waals surface area contributed by atoms with Gasteiger partial charge in [0, 0.05) is 25.7 Å². The van der Waals surface area contributed by atoms with Crippen molar-refractivity contribution in [3.63, 3.8) is 0 Å². The number of phosphoric acid groups is 2. The smallest absolute Gasteiger partial charge is 0.462 e. The summed E-state index contributed by atoms with van der Waals surface area (Å²) < 4.78 is 68.4. The van der Waals surface area contributed by atoms with Crippen molar-refractivity contribution in [2.45, 2.75) is 382 Å². The number of phosphoric ester groups is 2. The van der Waals surface area contributed by atoms with Crippen LogP contribution in [-0.4, -0.2) is 96.7 Å². The SMILES string of the molecule is CC(C)CCCCCCCCCCCCCCCCCC(=O)O[C@H](COC(=O)CCCCCCCCC(C)C)COP(=O)(O)OCC(O)COP(=O)(O)OC[C@@H](COC(=O)CCCCCCCCCCCC(C)C)OC(=O)CCCCCCCCCCCCC(C)C. The predicted molar refractivity (Wildman–Crippen MR) is 372 cm³/mol. The molecule has 0 saturated heterocycles. The highest BCUT2D eigenvalue weighted by Crippen LogP contribution is 2.45. The summed E-state index contributed by atoms with van der Waals surface area (Å²) in [5.41, 5.74) is 0. The van der Waals surface area contributed by atoms with E-state index in [1.165, 1.54) is 161 Å². The molecule has 3 N–H and O–H groups in total. The van der Waals surface area contributed by atoms with E-state index in [4.69, 9.17) is 37.0 Å². The Bertz CT molecular complexity index is 1820. The maximum atomic E-state index is 13.0. The van der Waals surface area contributed by atoms with Crippen LogP contribution in [0.5, 0.6) is 0 Å². The van der Waals surface area contributed by atoms with E-state index in [-0.39, 0.29) is 25.7 Å². The van der Waals surface area contributed by atoms with Gasteiger partial charge in [0.05, 0.1) is 26.4 Å². The van der Waals surface area contributed by atoms with Gasteiger partial charge in [0.2, 0.25) is 0 Å². The van der Waals surface area contributed by atoms with E-state index < -0.39 is 97.5 Å². The lowest BCUT2D eigenvalue weighted by Gasteiger charge is -2.21. The fourth-order valence-electron chi connectivity index (χ4n) is 11.0. The van der Waals surface area contributed by atoms with Crippen LogP contribution >= 0.6 is 15.6 Å². The van der Waals surface area contributed by atoms with E-state index in [1.807, 2.05) is 0 Å². The van der Waals surface area contributed by atoms with Gasteiger partial charge in [0.15, 0.2) is 12.2 Å². The molecule has 0 aromatic rings. The van der Waals surface area contributed by atoms with Gasteiger partial charge in [-0.2, -0.15) is 0 Å². The molecule has 546 valence electrons. The van der Waals surface area contributed by atoms with Crippen LogP contribution in [0.4, 0.5) is 0 Å². The zero-order valence-electron chi connectivity index (χ0n) is 60.2. The third kappa shape index (κ3) is 66.7. The fraction of sp³-hybridized carbons (Fsp3) is 0.945. The highest BCUT2D eigenvalue weighted by molar-refractivity contribution is 7.47. The standard InChI is InChI=1S/C73H142O17P2/c1-63(2)49-41-33-25-19-14-12-10-9-11-13-15-22-29-39-47-55-72(77)90-69(60-84-71(76)54-46-38-32-31-36-44-52-66(7)8)62-88-92(81,82)86-58-67(74)57-85-91(79,80)87-61-68(59-83-70(75)53-45-37-28-24-18-21-27-35-43-51-65(5)6)89-73(78)56-48-40-30-23-17-16-20-26-34-42-50-64(3)4/h63-69,74H,9-62H2,1-8H3,(H,79,80)(H,81,82)/t67?,68-,69-/m1/s1. The number of carbonyl (C=O) groups is 4. The molecule has 0 aliphatic heterocycles. The minimum atomic E-state index is -4.95. The monoisotopic (exact) mass is 1350 g/mol. The van der Waals surface area contributed by atoms with Crippen molar-refractivity contribution in [3.05, 3.63) is 0 Å². The summed E-state index contributed by atoms with van der Waals surface area (Å²) in [7, 11) is -9.91. The van der Waals surface area contributed by atoms with Crippen LogP contribution < -0.4 is 0 Å². The third-order valence-electron chi connectivity index (χ3n) is 16.8. The van der Waals surface area contributed by atoms with E-state index in [0.29, 0.717) is 31.6 Å². The first-order valence-electron chi connectivity index (χ1n) is 37.7. The van der Waals surface area contributed by atoms with Crippen LogP contribution in [0.2, 0.25) is 0 Å². The molecule has 0 rings (SSSR count). The van der Waals surface area contributed by atoms with Crippen molar-refractivity contribution in [2.75, 3.05) is 39.6 Å². The molecule has 0 bridgehead atoms. The topological polar surface area (TPSA) is 237 Å². The number of esters is 4. The van der Waals surface area contributed by atoms with Gasteiger partial charge in [-0.1, -0.05) is 312 Å². The van der Waals surface area contributed by atoms with Crippen molar-refractivity contribution < 1.29 is 80.2 Å². The molecule has 0 aromatic heterocycles. The number of unbranched alkanes of at least 4 members (excludes halogenated alkanes) is 36. The Morgan fingerprint density at radius 1 is 0.272 bits per heavy atom. The second-order valence-corrected chi connectivity index (χ2v) is 31.1. The lowest BCUT2D eigenvalue weighted by Crippen LogP contribution is -2.30. The molecule has 17 nitrogen and oxygen atoms in total. The normalized spacial score (nSPS) is 14.2. The molecule has 0 heterocycles. The average Bonchev–Trinajstić information content (AvgIpc) is 3.11. The molecule has 3 unspecified atom stereocenters. The van der Waals surface area contributed by atoms with Gasteiger partial charge in [-0.3, -0.25) is 37.3 Å². The zero-order valence-corrected chi connectivity index (χ0v) is 62.0. The number of rotatable bonds is 70. The number of carbonyl (C=O) groups excluding carboxylic acids is 4. The molecular weight excluding hydrogens is 1210 g/mol. The molecule has 0 radical (unpaired) electrons. The summed E-state index contributed by atoms with van der Waals surface area (Å²) in [5.74, 6) is 0.851. The van der Waals surface area contributed by atoms with E-state index in [0.717, 1.165) is 114 Å². The Labute approximate surface area is 562 Å². The molecule has 0 aliphatic carbocycles. The molecule has 0 aromatic carbocycles.